The van der Waals surface area contributed by atoms with Crippen LogP contribution in [-0.4, -0.2) is 5.91 Å². The number of amides is 1. The fourth-order valence-electron chi connectivity index (χ4n) is 1.98. The molecule has 0 bridgehead atoms. The first-order chi connectivity index (χ1) is 9.60. The van der Waals surface area contributed by atoms with Gasteiger partial charge in [-0.2, -0.15) is 0 Å². The lowest BCUT2D eigenvalue weighted by Crippen LogP contribution is -2.08. The van der Waals surface area contributed by atoms with Gasteiger partial charge in [0, 0.05) is 22.0 Å². The lowest BCUT2D eigenvalue weighted by atomic mass is 10.1. The van der Waals surface area contributed by atoms with Crippen molar-refractivity contribution in [3.8, 4) is 0 Å². The average Bonchev–Trinajstić information content (AvgIpc) is 2.83. The van der Waals surface area contributed by atoms with E-state index in [2.05, 4.69) is 45.6 Å². The normalized spacial score (nSPS) is 10.3. The molecule has 0 fully saturated rings. The van der Waals surface area contributed by atoms with Crippen LogP contribution in [0.2, 0.25) is 0 Å². The van der Waals surface area contributed by atoms with Gasteiger partial charge in [-0.1, -0.05) is 22.9 Å². The predicted molar refractivity (Wildman–Crippen MR) is 89.5 cm³/mol. The van der Waals surface area contributed by atoms with E-state index in [9.17, 15) is 4.79 Å². The molecule has 0 aliphatic carbocycles. The van der Waals surface area contributed by atoms with Gasteiger partial charge < -0.3 is 10.6 Å². The molecule has 0 saturated heterocycles. The van der Waals surface area contributed by atoms with Crippen LogP contribution in [-0.2, 0) is 17.8 Å². The maximum Gasteiger partial charge on any atom is 0.221 e. The summed E-state index contributed by atoms with van der Waals surface area (Å²) < 4.78 is 1.09. The summed E-state index contributed by atoms with van der Waals surface area (Å²) >= 11 is 5.13. The molecule has 2 aromatic rings. The van der Waals surface area contributed by atoms with Crippen LogP contribution >= 0.6 is 27.3 Å². The zero-order valence-electron chi connectivity index (χ0n) is 11.5. The molecule has 0 atom stereocenters. The third kappa shape index (κ3) is 3.84. The highest BCUT2D eigenvalue weighted by atomic mass is 79.9. The predicted octanol–water partition coefficient (Wildman–Crippen LogP) is 4.64. The number of aryl methyl sites for hydroxylation is 1. The van der Waals surface area contributed by atoms with Gasteiger partial charge >= 0.3 is 0 Å². The van der Waals surface area contributed by atoms with Gasteiger partial charge in [-0.3, -0.25) is 4.79 Å². The summed E-state index contributed by atoms with van der Waals surface area (Å²) in [5.41, 5.74) is 3.31. The second-order valence-corrected chi connectivity index (χ2v) is 6.36. The van der Waals surface area contributed by atoms with Crippen molar-refractivity contribution in [3.63, 3.8) is 0 Å². The number of hydrogen-bond acceptors (Lipinski definition) is 3. The van der Waals surface area contributed by atoms with Crippen LogP contribution in [0.5, 0.6) is 0 Å². The second kappa shape index (κ2) is 6.90. The number of halogens is 1. The van der Waals surface area contributed by atoms with Gasteiger partial charge in [0.15, 0.2) is 0 Å². The molecular formula is C15H17BrN2OS. The first-order valence-electron chi connectivity index (χ1n) is 6.46. The average molecular weight is 353 g/mol. The molecule has 2 rings (SSSR count). The summed E-state index contributed by atoms with van der Waals surface area (Å²) in [5, 5.41) is 8.29. The molecule has 0 aliphatic heterocycles. The summed E-state index contributed by atoms with van der Waals surface area (Å²) in [6.45, 7) is 4.38. The monoisotopic (exact) mass is 352 g/mol. The molecule has 0 saturated carbocycles. The minimum atomic E-state index is -0.0393. The topological polar surface area (TPSA) is 41.1 Å². The minimum absolute atomic E-state index is 0.0393. The third-order valence-electron chi connectivity index (χ3n) is 2.94. The van der Waals surface area contributed by atoms with Crippen molar-refractivity contribution in [2.24, 2.45) is 0 Å². The molecule has 1 amide bonds. The van der Waals surface area contributed by atoms with Gasteiger partial charge in [0.05, 0.1) is 12.2 Å². The number of carbonyl (C=O) groups is 1. The van der Waals surface area contributed by atoms with E-state index in [1.165, 1.54) is 12.5 Å². The Morgan fingerprint density at radius 1 is 1.30 bits per heavy atom. The summed E-state index contributed by atoms with van der Waals surface area (Å²) in [6, 6.07) is 8.18. The summed E-state index contributed by atoms with van der Waals surface area (Å²) in [6.07, 6.45) is 0.977. The van der Waals surface area contributed by atoms with E-state index >= 15 is 0 Å². The van der Waals surface area contributed by atoms with Crippen LogP contribution in [0.1, 0.15) is 24.3 Å². The number of rotatable bonds is 5. The fraction of sp³-hybridized carbons (Fsp3) is 0.267. The molecule has 0 radical (unpaired) electrons. The van der Waals surface area contributed by atoms with Gasteiger partial charge in [-0.05, 0) is 41.6 Å². The smallest absolute Gasteiger partial charge is 0.221 e. The maximum absolute atomic E-state index is 11.1. The van der Waals surface area contributed by atoms with E-state index in [-0.39, 0.29) is 5.91 Å². The third-order valence-corrected chi connectivity index (χ3v) is 4.36. The lowest BCUT2D eigenvalue weighted by molar-refractivity contribution is -0.114. The van der Waals surface area contributed by atoms with E-state index in [4.69, 9.17) is 0 Å². The molecule has 0 unspecified atom stereocenters. The van der Waals surface area contributed by atoms with E-state index in [1.807, 2.05) is 17.5 Å². The van der Waals surface area contributed by atoms with Gasteiger partial charge in [0.1, 0.15) is 0 Å². The molecule has 1 aromatic heterocycles. The number of thiophene rings is 1. The zero-order chi connectivity index (χ0) is 14.5. The van der Waals surface area contributed by atoms with Crippen molar-refractivity contribution in [2.75, 3.05) is 10.6 Å². The highest BCUT2D eigenvalue weighted by Gasteiger charge is 2.07. The van der Waals surface area contributed by atoms with Crippen LogP contribution in [0.25, 0.3) is 0 Å². The van der Waals surface area contributed by atoms with Gasteiger partial charge in [0.2, 0.25) is 5.91 Å². The van der Waals surface area contributed by atoms with Gasteiger partial charge in [-0.25, -0.2) is 0 Å². The first-order valence-corrected chi connectivity index (χ1v) is 8.13. The molecule has 1 heterocycles. The molecule has 1 aromatic carbocycles. The van der Waals surface area contributed by atoms with E-state index < -0.39 is 0 Å². The van der Waals surface area contributed by atoms with E-state index in [1.54, 1.807) is 11.3 Å². The molecule has 3 nitrogen and oxygen atoms in total. The summed E-state index contributed by atoms with van der Waals surface area (Å²) in [7, 11) is 0. The molecular weight excluding hydrogens is 336 g/mol. The van der Waals surface area contributed by atoms with Crippen LogP contribution in [0.3, 0.4) is 0 Å². The number of carbonyl (C=O) groups excluding carboxylic acids is 1. The zero-order valence-corrected chi connectivity index (χ0v) is 13.9. The van der Waals surface area contributed by atoms with Crippen molar-refractivity contribution < 1.29 is 4.79 Å². The first kappa shape index (κ1) is 15.1. The quantitative estimate of drug-likeness (QED) is 0.822. The Hall–Kier alpha value is -1.33. The number of benzene rings is 1. The van der Waals surface area contributed by atoms with Crippen molar-refractivity contribution in [3.05, 3.63) is 44.6 Å². The van der Waals surface area contributed by atoms with Crippen molar-refractivity contribution >= 4 is 44.5 Å². The largest absolute Gasteiger partial charge is 0.380 e. The molecule has 0 aliphatic rings. The maximum atomic E-state index is 11.1. The van der Waals surface area contributed by atoms with Crippen molar-refractivity contribution in [1.82, 2.24) is 0 Å². The fourth-order valence-corrected chi connectivity index (χ4v) is 3.16. The Morgan fingerprint density at radius 3 is 2.80 bits per heavy atom. The lowest BCUT2D eigenvalue weighted by Gasteiger charge is -2.12. The summed E-state index contributed by atoms with van der Waals surface area (Å²) in [4.78, 5) is 12.3. The van der Waals surface area contributed by atoms with Crippen LogP contribution in [0.15, 0.2) is 34.1 Å². The van der Waals surface area contributed by atoms with Crippen LogP contribution in [0, 0.1) is 0 Å². The molecule has 0 spiro atoms. The standard InChI is InChI=1S/C15H17BrN2OS/c1-3-11-8-12(16)4-5-13(11)17-9-15-14(6-7-20-15)18-10(2)19/h4-8,17H,3,9H2,1-2H3,(H,18,19). The Bertz CT molecular complexity index is 610. The minimum Gasteiger partial charge on any atom is -0.380 e. The molecule has 20 heavy (non-hydrogen) atoms. The van der Waals surface area contributed by atoms with Crippen LogP contribution < -0.4 is 10.6 Å². The van der Waals surface area contributed by atoms with Crippen molar-refractivity contribution in [2.45, 2.75) is 26.8 Å². The highest BCUT2D eigenvalue weighted by molar-refractivity contribution is 9.10. The van der Waals surface area contributed by atoms with Crippen molar-refractivity contribution in [1.29, 1.82) is 0 Å². The molecule has 106 valence electrons. The Morgan fingerprint density at radius 2 is 2.10 bits per heavy atom. The Balaban J connectivity index is 2.09. The van der Waals surface area contributed by atoms with E-state index in [0.29, 0.717) is 6.54 Å². The van der Waals surface area contributed by atoms with Crippen LogP contribution in [0.4, 0.5) is 11.4 Å². The molecule has 2 N–H and O–H groups in total. The highest BCUT2D eigenvalue weighted by Crippen LogP contribution is 2.26. The number of anilines is 2. The number of hydrogen-bond donors (Lipinski definition) is 2. The van der Waals surface area contributed by atoms with Gasteiger partial charge in [0.25, 0.3) is 0 Å². The van der Waals surface area contributed by atoms with Gasteiger partial charge in [-0.15, -0.1) is 11.3 Å². The second-order valence-electron chi connectivity index (χ2n) is 4.45. The Kier molecular flexibility index (Phi) is 5.20. The summed E-state index contributed by atoms with van der Waals surface area (Å²) in [5.74, 6) is -0.0393. The van der Waals surface area contributed by atoms with E-state index in [0.717, 1.165) is 27.1 Å². The SMILES string of the molecule is CCc1cc(Br)ccc1NCc1sccc1NC(C)=O. The number of nitrogens with one attached hydrogen (secondary N) is 2. The molecule has 5 heteroatoms. The Labute approximate surface area is 131 Å².